The van der Waals surface area contributed by atoms with E-state index in [2.05, 4.69) is 10.6 Å². The number of likely N-dealkylation sites (N-methyl/N-ethyl adjacent to an activating group) is 2. The van der Waals surface area contributed by atoms with Gasteiger partial charge < -0.3 is 39.8 Å². The third kappa shape index (κ3) is 12.2. The lowest BCUT2D eigenvalue weighted by molar-refractivity contribution is -0.148. The number of methoxy groups -OCH3 is 3. The topological polar surface area (TPSA) is 167 Å². The quantitative estimate of drug-likeness (QED) is 0.158. The van der Waals surface area contributed by atoms with Crippen molar-refractivity contribution in [2.75, 3.05) is 55.6 Å². The number of Topliss-reactive ketones (excluding diaryl/α,β-unsaturated/α-hetero) is 1. The van der Waals surface area contributed by atoms with Crippen molar-refractivity contribution in [2.24, 2.45) is 23.7 Å². The van der Waals surface area contributed by atoms with Crippen LogP contribution in [0.25, 0.3) is 0 Å². The summed E-state index contributed by atoms with van der Waals surface area (Å²) in [5, 5.41) is 16.4. The second kappa shape index (κ2) is 21.6. The highest BCUT2D eigenvalue weighted by atomic mass is 19.1. The Kier molecular flexibility index (Phi) is 18.6. The van der Waals surface area contributed by atoms with Crippen molar-refractivity contribution in [3.05, 3.63) is 29.6 Å². The number of amides is 4. The molecule has 9 atom stereocenters. The molecule has 1 fully saturated rings. The van der Waals surface area contributed by atoms with Crippen molar-refractivity contribution < 1.29 is 47.7 Å². The zero-order valence-corrected chi connectivity index (χ0v) is 35.1. The predicted molar refractivity (Wildman–Crippen MR) is 207 cm³/mol. The second-order valence-electron chi connectivity index (χ2n) is 15.7. The Labute approximate surface area is 326 Å². The summed E-state index contributed by atoms with van der Waals surface area (Å²) in [6.07, 6.45) is -1.79. The van der Waals surface area contributed by atoms with Gasteiger partial charge in [0.15, 0.2) is 17.3 Å². The highest BCUT2D eigenvalue weighted by molar-refractivity contribution is 5.99. The molecular formula is C40H66FN5O9. The highest BCUT2D eigenvalue weighted by Gasteiger charge is 2.45. The number of nitrogens with one attached hydrogen (secondary N) is 2. The summed E-state index contributed by atoms with van der Waals surface area (Å²) in [5.41, 5.74) is 0.0644. The average molecular weight is 780 g/mol. The number of ketones is 1. The van der Waals surface area contributed by atoms with Gasteiger partial charge in [0.1, 0.15) is 6.04 Å². The summed E-state index contributed by atoms with van der Waals surface area (Å²) >= 11 is 0. The molecule has 14 nitrogen and oxygen atoms in total. The Morgan fingerprint density at radius 2 is 1.60 bits per heavy atom. The number of benzene rings is 1. The minimum absolute atomic E-state index is 0.00275. The van der Waals surface area contributed by atoms with E-state index in [1.165, 1.54) is 38.4 Å². The Morgan fingerprint density at radius 1 is 0.964 bits per heavy atom. The van der Waals surface area contributed by atoms with E-state index in [0.717, 1.165) is 6.07 Å². The minimum Gasteiger partial charge on any atom is -0.494 e. The summed E-state index contributed by atoms with van der Waals surface area (Å²) in [5.74, 6) is -3.81. The van der Waals surface area contributed by atoms with Crippen molar-refractivity contribution in [3.63, 3.8) is 0 Å². The van der Waals surface area contributed by atoms with Crippen LogP contribution in [0.5, 0.6) is 5.75 Å². The van der Waals surface area contributed by atoms with E-state index < -0.39 is 72.4 Å². The van der Waals surface area contributed by atoms with Crippen LogP contribution in [-0.2, 0) is 28.7 Å². The van der Waals surface area contributed by atoms with Gasteiger partial charge >= 0.3 is 0 Å². The van der Waals surface area contributed by atoms with E-state index in [4.69, 9.17) is 14.2 Å². The predicted octanol–water partition coefficient (Wildman–Crippen LogP) is 2.75. The van der Waals surface area contributed by atoms with Gasteiger partial charge in [-0.2, -0.15) is 0 Å². The molecule has 4 amide bonds. The Balaban J connectivity index is 2.27. The summed E-state index contributed by atoms with van der Waals surface area (Å²) in [6.45, 7) is 12.8. The summed E-state index contributed by atoms with van der Waals surface area (Å²) < 4.78 is 30.8. The number of rotatable bonds is 21. The fourth-order valence-electron chi connectivity index (χ4n) is 7.68. The number of β-amino-alcohol motifs (C(OH)–C–C–N with tert-alkyl or cyclic N) is 1. The van der Waals surface area contributed by atoms with Crippen molar-refractivity contribution >= 4 is 29.4 Å². The Hall–Kier alpha value is -3.66. The first-order chi connectivity index (χ1) is 25.7. The van der Waals surface area contributed by atoms with Crippen molar-refractivity contribution in [2.45, 2.75) is 110 Å². The molecule has 0 spiro atoms. The van der Waals surface area contributed by atoms with Crippen LogP contribution in [0.2, 0.25) is 0 Å². The van der Waals surface area contributed by atoms with Gasteiger partial charge in [-0.05, 0) is 56.5 Å². The summed E-state index contributed by atoms with van der Waals surface area (Å²) in [6, 6.07) is 1.28. The Morgan fingerprint density at radius 3 is 2.09 bits per heavy atom. The molecule has 15 heteroatoms. The first-order valence-corrected chi connectivity index (χ1v) is 19.2. The lowest BCUT2D eigenvalue weighted by atomic mass is 9.89. The van der Waals surface area contributed by atoms with Crippen molar-refractivity contribution in [1.82, 2.24) is 25.3 Å². The van der Waals surface area contributed by atoms with Crippen LogP contribution in [0, 0.1) is 29.5 Å². The lowest BCUT2D eigenvalue weighted by Gasteiger charge is -2.41. The smallest absolute Gasteiger partial charge is 0.245 e. The molecule has 1 saturated heterocycles. The number of aliphatic hydroxyl groups is 1. The fourth-order valence-corrected chi connectivity index (χ4v) is 7.68. The molecule has 1 aromatic rings. The van der Waals surface area contributed by atoms with Gasteiger partial charge in [-0.3, -0.25) is 28.9 Å². The van der Waals surface area contributed by atoms with E-state index in [-0.39, 0.29) is 66.2 Å². The molecule has 0 aromatic heterocycles. The molecule has 55 heavy (non-hydrogen) atoms. The molecule has 1 aliphatic heterocycles. The lowest BCUT2D eigenvalue weighted by Crippen LogP contribution is -2.59. The molecular weight excluding hydrogens is 713 g/mol. The zero-order valence-electron chi connectivity index (χ0n) is 35.1. The molecule has 0 saturated carbocycles. The van der Waals surface area contributed by atoms with E-state index in [1.807, 2.05) is 60.5 Å². The fraction of sp³-hybridized carbons (Fsp3) is 0.725. The van der Waals surface area contributed by atoms with E-state index in [0.29, 0.717) is 6.42 Å². The summed E-state index contributed by atoms with van der Waals surface area (Å²) in [7, 11) is 9.54. The van der Waals surface area contributed by atoms with Crippen LogP contribution in [0.3, 0.4) is 0 Å². The van der Waals surface area contributed by atoms with Gasteiger partial charge in [-0.25, -0.2) is 4.39 Å². The largest absolute Gasteiger partial charge is 0.494 e. The highest BCUT2D eigenvalue weighted by Crippen LogP contribution is 2.30. The maximum atomic E-state index is 14.2. The number of carbonyl (C=O) groups excluding carboxylic acids is 5. The van der Waals surface area contributed by atoms with Crippen LogP contribution in [0.4, 0.5) is 4.39 Å². The van der Waals surface area contributed by atoms with Crippen molar-refractivity contribution in [3.8, 4) is 5.75 Å². The average Bonchev–Trinajstić information content (AvgIpc) is 3.52. The van der Waals surface area contributed by atoms with Crippen LogP contribution in [0.1, 0.15) is 78.1 Å². The number of ether oxygens (including phenoxy) is 3. The summed E-state index contributed by atoms with van der Waals surface area (Å²) in [4.78, 5) is 72.7. The number of aliphatic hydroxyl groups excluding tert-OH is 1. The number of hydrogen-bond acceptors (Lipinski definition) is 10. The SMILES string of the molecule is CC[C@H](C)C([C@@H](CC(=O)N1C[C@@H](O)C[C@H]1[C@H](OC)[C@@H](C)C(=O)NCC(=O)c1ccc(OC)c(F)c1)OC)N(C)C(=O)[C@@H](NC(=O)C(C(C)C)N(C)C)C(C)C. The van der Waals surface area contributed by atoms with E-state index in [1.54, 1.807) is 18.9 Å². The van der Waals surface area contributed by atoms with Gasteiger partial charge in [0.2, 0.25) is 23.6 Å². The number of hydrogen-bond donors (Lipinski definition) is 3. The van der Waals surface area contributed by atoms with Gasteiger partial charge in [0.05, 0.1) is 62.4 Å². The molecule has 2 unspecified atom stereocenters. The molecule has 1 aromatic carbocycles. The van der Waals surface area contributed by atoms with Gasteiger partial charge in [0, 0.05) is 33.4 Å². The van der Waals surface area contributed by atoms with Crippen LogP contribution in [0.15, 0.2) is 18.2 Å². The van der Waals surface area contributed by atoms with Crippen LogP contribution < -0.4 is 15.4 Å². The molecule has 2 rings (SSSR count). The van der Waals surface area contributed by atoms with E-state index >= 15 is 0 Å². The Bertz CT molecular complexity index is 1450. The maximum Gasteiger partial charge on any atom is 0.245 e. The van der Waals surface area contributed by atoms with E-state index in [9.17, 15) is 33.5 Å². The number of carbonyl (C=O) groups is 5. The number of likely N-dealkylation sites (tertiary alicyclic amines) is 1. The molecule has 0 bridgehead atoms. The zero-order chi connectivity index (χ0) is 41.9. The molecule has 1 heterocycles. The first-order valence-electron chi connectivity index (χ1n) is 19.2. The molecule has 3 N–H and O–H groups in total. The van der Waals surface area contributed by atoms with Gasteiger partial charge in [0.25, 0.3) is 0 Å². The standard InChI is InChI=1S/C40H66FN5O9/c1-14-24(6)36(45(10)40(52)34(22(2)3)43-39(51)35(23(4)5)44(8)9)32(54-12)19-33(49)46-21-27(47)18-29(46)37(55-13)25(7)38(50)42-20-30(48)26-15-16-31(53-11)28(41)17-26/h15-17,22-25,27,29,32,34-37,47H,14,18-21H2,1-13H3,(H,42,50)(H,43,51)/t24-,25+,27-,29-,32+,34-,35?,36?,37+/m0/s1. The van der Waals surface area contributed by atoms with Crippen molar-refractivity contribution in [1.29, 1.82) is 0 Å². The maximum absolute atomic E-state index is 14.2. The molecule has 0 aliphatic carbocycles. The molecule has 1 aliphatic rings. The van der Waals surface area contributed by atoms with Crippen LogP contribution >= 0.6 is 0 Å². The number of nitrogens with zero attached hydrogens (tertiary/aromatic N) is 3. The van der Waals surface area contributed by atoms with Gasteiger partial charge in [-0.1, -0.05) is 54.9 Å². The minimum atomic E-state index is -0.878. The van der Waals surface area contributed by atoms with Crippen LogP contribution in [-0.4, -0.2) is 147 Å². The number of halogens is 1. The molecule has 0 radical (unpaired) electrons. The second-order valence-corrected chi connectivity index (χ2v) is 15.7. The first kappa shape index (κ1) is 47.5. The third-order valence-electron chi connectivity index (χ3n) is 10.9. The van der Waals surface area contributed by atoms with Gasteiger partial charge in [-0.15, -0.1) is 0 Å². The normalized spacial score (nSPS) is 19.7. The third-order valence-corrected chi connectivity index (χ3v) is 10.9. The molecule has 312 valence electrons. The monoisotopic (exact) mass is 779 g/mol.